The Kier molecular flexibility index (Phi) is 5.55. The van der Waals surface area contributed by atoms with Crippen LogP contribution in [0.2, 0.25) is 0 Å². The van der Waals surface area contributed by atoms with Gasteiger partial charge in [0.2, 0.25) is 11.8 Å². The summed E-state index contributed by atoms with van der Waals surface area (Å²) in [5.41, 5.74) is 1.42. The van der Waals surface area contributed by atoms with Crippen molar-refractivity contribution >= 4 is 38.5 Å². The summed E-state index contributed by atoms with van der Waals surface area (Å²) >= 11 is 0. The molecule has 9 nitrogen and oxygen atoms in total. The van der Waals surface area contributed by atoms with Gasteiger partial charge in [0.25, 0.3) is 10.0 Å². The molecule has 2 aromatic carbocycles. The van der Waals surface area contributed by atoms with Gasteiger partial charge in [-0.05, 0) is 19.1 Å². The highest BCUT2D eigenvalue weighted by atomic mass is 32.2. The summed E-state index contributed by atoms with van der Waals surface area (Å²) in [4.78, 5) is 22.2. The molecule has 2 amide bonds. The molecule has 0 aliphatic heterocycles. The molecule has 0 saturated heterocycles. The van der Waals surface area contributed by atoms with Gasteiger partial charge in [0, 0.05) is 42.3 Å². The van der Waals surface area contributed by atoms with Gasteiger partial charge in [-0.25, -0.2) is 22.9 Å². The standard InChI is InChI=1S/C19H21N5O4S/c1-12-11-17(28-4)21-18(20-12)22-19(25)23-29(26,27)16-10-9-15(24(2)3)13-7-5-6-8-14(13)16/h5-11H,1-4H3,(H2,20,21,22,23,25). The summed E-state index contributed by atoms with van der Waals surface area (Å²) in [5, 5.41) is 3.59. The third kappa shape index (κ3) is 4.37. The Labute approximate surface area is 168 Å². The molecule has 0 atom stereocenters. The summed E-state index contributed by atoms with van der Waals surface area (Å²) in [6.45, 7) is 1.70. The first-order valence-electron chi connectivity index (χ1n) is 8.64. The molecule has 0 fully saturated rings. The molecule has 2 N–H and O–H groups in total. The molecule has 0 spiro atoms. The number of carbonyl (C=O) groups excluding carboxylic acids is 1. The molecule has 0 bridgehead atoms. The van der Waals surface area contributed by atoms with Crippen molar-refractivity contribution < 1.29 is 17.9 Å². The lowest BCUT2D eigenvalue weighted by atomic mass is 10.1. The van der Waals surface area contributed by atoms with Gasteiger partial charge in [-0.2, -0.15) is 4.98 Å². The number of aromatic nitrogens is 2. The maximum absolute atomic E-state index is 12.9. The minimum atomic E-state index is -4.14. The smallest absolute Gasteiger partial charge is 0.335 e. The lowest BCUT2D eigenvalue weighted by molar-refractivity contribution is 0.256. The molecule has 3 rings (SSSR count). The molecule has 0 aliphatic rings. The van der Waals surface area contributed by atoms with E-state index >= 15 is 0 Å². The molecule has 0 saturated carbocycles. The number of benzene rings is 2. The van der Waals surface area contributed by atoms with Crippen LogP contribution in [0.3, 0.4) is 0 Å². The van der Waals surface area contributed by atoms with Crippen LogP contribution in [-0.4, -0.2) is 45.6 Å². The minimum absolute atomic E-state index is 0.00316. The van der Waals surface area contributed by atoms with Gasteiger partial charge in [0.05, 0.1) is 12.0 Å². The summed E-state index contributed by atoms with van der Waals surface area (Å²) in [6, 6.07) is 10.9. The number of hydrogen-bond acceptors (Lipinski definition) is 7. The van der Waals surface area contributed by atoms with E-state index in [2.05, 4.69) is 15.3 Å². The number of ether oxygens (including phenoxy) is 1. The number of carbonyl (C=O) groups is 1. The summed E-state index contributed by atoms with van der Waals surface area (Å²) in [5.74, 6) is 0.184. The van der Waals surface area contributed by atoms with Crippen LogP contribution in [0, 0.1) is 6.92 Å². The first kappa shape index (κ1) is 20.3. The second-order valence-electron chi connectivity index (χ2n) is 6.46. The lowest BCUT2D eigenvalue weighted by Crippen LogP contribution is -2.35. The van der Waals surface area contributed by atoms with Crippen LogP contribution in [0.4, 0.5) is 16.4 Å². The molecule has 29 heavy (non-hydrogen) atoms. The fraction of sp³-hybridized carbons (Fsp3) is 0.211. The van der Waals surface area contributed by atoms with E-state index in [1.54, 1.807) is 31.2 Å². The third-order valence-corrected chi connectivity index (χ3v) is 5.51. The zero-order valence-electron chi connectivity index (χ0n) is 16.4. The molecule has 1 heterocycles. The molecule has 10 heteroatoms. The molecule has 0 unspecified atom stereocenters. The zero-order valence-corrected chi connectivity index (χ0v) is 17.2. The molecule has 0 aliphatic carbocycles. The lowest BCUT2D eigenvalue weighted by Gasteiger charge is -2.17. The third-order valence-electron chi connectivity index (χ3n) is 4.12. The Morgan fingerprint density at radius 3 is 2.41 bits per heavy atom. The van der Waals surface area contributed by atoms with Crippen molar-refractivity contribution in [3.05, 3.63) is 48.2 Å². The number of anilines is 2. The van der Waals surface area contributed by atoms with Crippen LogP contribution < -0.4 is 19.7 Å². The van der Waals surface area contributed by atoms with Crippen LogP contribution >= 0.6 is 0 Å². The van der Waals surface area contributed by atoms with E-state index in [4.69, 9.17) is 4.74 Å². The van der Waals surface area contributed by atoms with Gasteiger partial charge in [-0.3, -0.25) is 5.32 Å². The van der Waals surface area contributed by atoms with Crippen LogP contribution in [0.15, 0.2) is 47.4 Å². The van der Waals surface area contributed by atoms with Crippen molar-refractivity contribution in [1.29, 1.82) is 0 Å². The summed E-state index contributed by atoms with van der Waals surface area (Å²) in [6.07, 6.45) is 0. The quantitative estimate of drug-likeness (QED) is 0.658. The number of fused-ring (bicyclic) bond motifs is 1. The van der Waals surface area contributed by atoms with Gasteiger partial charge in [0.15, 0.2) is 0 Å². The predicted molar refractivity (Wildman–Crippen MR) is 111 cm³/mol. The van der Waals surface area contributed by atoms with E-state index in [9.17, 15) is 13.2 Å². The van der Waals surface area contributed by atoms with Gasteiger partial charge in [-0.1, -0.05) is 24.3 Å². The molecule has 3 aromatic rings. The fourth-order valence-electron chi connectivity index (χ4n) is 2.88. The van der Waals surface area contributed by atoms with Gasteiger partial charge in [0.1, 0.15) is 0 Å². The predicted octanol–water partition coefficient (Wildman–Crippen LogP) is 2.52. The maximum Gasteiger partial charge on any atom is 0.335 e. The number of hydrogen-bond donors (Lipinski definition) is 2. The van der Waals surface area contributed by atoms with Crippen molar-refractivity contribution in [2.45, 2.75) is 11.8 Å². The van der Waals surface area contributed by atoms with E-state index in [0.29, 0.717) is 11.1 Å². The van der Waals surface area contributed by atoms with Gasteiger partial charge < -0.3 is 9.64 Å². The van der Waals surface area contributed by atoms with Crippen molar-refractivity contribution in [3.8, 4) is 5.88 Å². The zero-order chi connectivity index (χ0) is 21.2. The number of urea groups is 1. The number of aryl methyl sites for hydroxylation is 1. The van der Waals surface area contributed by atoms with E-state index in [-0.39, 0.29) is 16.7 Å². The number of rotatable bonds is 5. The van der Waals surface area contributed by atoms with Gasteiger partial charge in [-0.15, -0.1) is 0 Å². The molecular weight excluding hydrogens is 394 g/mol. The molecule has 152 valence electrons. The maximum atomic E-state index is 12.9. The van der Waals surface area contributed by atoms with Crippen LogP contribution in [0.5, 0.6) is 5.88 Å². The summed E-state index contributed by atoms with van der Waals surface area (Å²) in [7, 11) is 1.03. The van der Waals surface area contributed by atoms with Crippen LogP contribution in [-0.2, 0) is 10.0 Å². The van der Waals surface area contributed by atoms with Crippen LogP contribution in [0.25, 0.3) is 10.8 Å². The highest BCUT2D eigenvalue weighted by Gasteiger charge is 2.22. The second-order valence-corrected chi connectivity index (χ2v) is 8.11. The first-order valence-corrected chi connectivity index (χ1v) is 10.1. The molecule has 1 aromatic heterocycles. The highest BCUT2D eigenvalue weighted by molar-refractivity contribution is 7.90. The average molecular weight is 415 g/mol. The number of amides is 2. The normalized spacial score (nSPS) is 11.2. The first-order chi connectivity index (χ1) is 13.7. The van der Waals surface area contributed by atoms with E-state index in [0.717, 1.165) is 11.1 Å². The average Bonchev–Trinajstić information content (AvgIpc) is 2.65. The van der Waals surface area contributed by atoms with E-state index in [1.165, 1.54) is 13.2 Å². The fourth-order valence-corrected chi connectivity index (χ4v) is 4.00. The van der Waals surface area contributed by atoms with E-state index in [1.807, 2.05) is 35.9 Å². The molecule has 0 radical (unpaired) electrons. The minimum Gasteiger partial charge on any atom is -0.481 e. The second kappa shape index (κ2) is 7.92. The number of nitrogens with zero attached hydrogens (tertiary/aromatic N) is 3. The monoisotopic (exact) mass is 415 g/mol. The number of sulfonamides is 1. The Hall–Kier alpha value is -3.40. The molecular formula is C19H21N5O4S. The Morgan fingerprint density at radius 2 is 1.76 bits per heavy atom. The largest absolute Gasteiger partial charge is 0.481 e. The summed E-state index contributed by atoms with van der Waals surface area (Å²) < 4.78 is 32.8. The number of methoxy groups -OCH3 is 1. The SMILES string of the molecule is COc1cc(C)nc(NC(=O)NS(=O)(=O)c2ccc(N(C)C)c3ccccc23)n1. The van der Waals surface area contributed by atoms with Crippen molar-refractivity contribution in [3.63, 3.8) is 0 Å². The topological polar surface area (TPSA) is 114 Å². The van der Waals surface area contributed by atoms with E-state index < -0.39 is 16.1 Å². The van der Waals surface area contributed by atoms with Crippen molar-refractivity contribution in [2.75, 3.05) is 31.4 Å². The van der Waals surface area contributed by atoms with Crippen molar-refractivity contribution in [2.24, 2.45) is 0 Å². The Morgan fingerprint density at radius 1 is 1.07 bits per heavy atom. The van der Waals surface area contributed by atoms with Crippen LogP contribution in [0.1, 0.15) is 5.69 Å². The Bertz CT molecular complexity index is 1180. The Balaban J connectivity index is 1.91. The highest BCUT2D eigenvalue weighted by Crippen LogP contribution is 2.30. The van der Waals surface area contributed by atoms with Gasteiger partial charge >= 0.3 is 6.03 Å². The number of nitrogens with one attached hydrogen (secondary N) is 2. The van der Waals surface area contributed by atoms with Crippen molar-refractivity contribution in [1.82, 2.24) is 14.7 Å².